The van der Waals surface area contributed by atoms with E-state index in [2.05, 4.69) is 21.0 Å². The van der Waals surface area contributed by atoms with E-state index < -0.39 is 27.6 Å². The second kappa shape index (κ2) is 5.64. The summed E-state index contributed by atoms with van der Waals surface area (Å²) in [5.74, 6) is 0. The predicted molar refractivity (Wildman–Crippen MR) is 72.1 cm³/mol. The number of nitrogens with zero attached hydrogens (tertiary/aromatic N) is 3. The van der Waals surface area contributed by atoms with Crippen LogP contribution in [-0.4, -0.2) is 14.7 Å². The van der Waals surface area contributed by atoms with E-state index in [0.29, 0.717) is 5.56 Å². The fourth-order valence-electron chi connectivity index (χ4n) is 1.65. The molecule has 0 unspecified atom stereocenters. The number of rotatable bonds is 3. The summed E-state index contributed by atoms with van der Waals surface area (Å²) in [4.78, 5) is 9.58. The highest BCUT2D eigenvalue weighted by molar-refractivity contribution is 9.10. The van der Waals surface area contributed by atoms with Gasteiger partial charge in [0, 0.05) is 4.47 Å². The third kappa shape index (κ3) is 3.35. The number of halogens is 5. The van der Waals surface area contributed by atoms with Crippen molar-refractivity contribution in [2.75, 3.05) is 0 Å². The fourth-order valence-corrected chi connectivity index (χ4v) is 2.17. The molecule has 0 aliphatic rings. The second-order valence-electron chi connectivity index (χ2n) is 4.03. The molecule has 0 atom stereocenters. The van der Waals surface area contributed by atoms with E-state index in [4.69, 9.17) is 11.6 Å². The molecule has 0 bridgehead atoms. The first-order valence-electron chi connectivity index (χ1n) is 5.42. The lowest BCUT2D eigenvalue weighted by Crippen LogP contribution is -2.10. The molecule has 5 nitrogen and oxygen atoms in total. The van der Waals surface area contributed by atoms with E-state index in [1.807, 2.05) is 0 Å². The molecular formula is C11H6BrClF3N3O2. The Balaban J connectivity index is 2.45. The summed E-state index contributed by atoms with van der Waals surface area (Å²) in [5, 5.41) is 13.3. The molecule has 1 aromatic heterocycles. The normalized spacial score (nSPS) is 11.7. The van der Waals surface area contributed by atoms with Crippen LogP contribution >= 0.6 is 27.5 Å². The molecule has 0 saturated carbocycles. The minimum Gasteiger partial charge on any atom is -0.258 e. The van der Waals surface area contributed by atoms with Gasteiger partial charge in [0.1, 0.15) is 0 Å². The minimum absolute atomic E-state index is 0.108. The Labute approximate surface area is 129 Å². The van der Waals surface area contributed by atoms with Crippen LogP contribution in [-0.2, 0) is 12.7 Å². The zero-order valence-corrected chi connectivity index (χ0v) is 12.4. The molecule has 0 amide bonds. The van der Waals surface area contributed by atoms with Crippen molar-refractivity contribution in [3.63, 3.8) is 0 Å². The Morgan fingerprint density at radius 3 is 2.33 bits per heavy atom. The predicted octanol–water partition coefficient (Wildman–Crippen LogP) is 4.27. The third-order valence-electron chi connectivity index (χ3n) is 2.56. The van der Waals surface area contributed by atoms with Gasteiger partial charge in [0.25, 0.3) is 0 Å². The van der Waals surface area contributed by atoms with Gasteiger partial charge >= 0.3 is 11.9 Å². The number of alkyl halides is 3. The van der Waals surface area contributed by atoms with Crippen LogP contribution < -0.4 is 0 Å². The molecule has 2 aromatic rings. The number of aromatic nitrogens is 2. The Morgan fingerprint density at radius 1 is 1.33 bits per heavy atom. The zero-order valence-electron chi connectivity index (χ0n) is 10.1. The van der Waals surface area contributed by atoms with Gasteiger partial charge in [-0.3, -0.25) is 10.1 Å². The molecule has 0 fully saturated rings. The second-order valence-corrected chi connectivity index (χ2v) is 5.30. The molecule has 1 aromatic carbocycles. The summed E-state index contributed by atoms with van der Waals surface area (Å²) < 4.78 is 39.8. The molecule has 21 heavy (non-hydrogen) atoms. The molecule has 1 heterocycles. The highest BCUT2D eigenvalue weighted by Gasteiger charge is 2.44. The van der Waals surface area contributed by atoms with Crippen LogP contribution in [0.3, 0.4) is 0 Å². The molecule has 0 radical (unpaired) electrons. The Hall–Kier alpha value is -1.61. The molecule has 0 N–H and O–H groups in total. The van der Waals surface area contributed by atoms with Gasteiger partial charge in [-0.1, -0.05) is 39.7 Å². The fraction of sp³-hybridized carbons (Fsp3) is 0.182. The molecule has 0 aliphatic heterocycles. The summed E-state index contributed by atoms with van der Waals surface area (Å²) in [6.07, 6.45) is -4.95. The number of nitro groups is 1. The lowest BCUT2D eigenvalue weighted by molar-refractivity contribution is -0.388. The molecule has 0 spiro atoms. The van der Waals surface area contributed by atoms with Crippen LogP contribution in [0.15, 0.2) is 28.7 Å². The highest BCUT2D eigenvalue weighted by Crippen LogP contribution is 2.39. The summed E-state index contributed by atoms with van der Waals surface area (Å²) in [7, 11) is 0. The molecule has 112 valence electrons. The monoisotopic (exact) mass is 383 g/mol. The van der Waals surface area contributed by atoms with Crippen LogP contribution in [0.5, 0.6) is 0 Å². The SMILES string of the molecule is O=[N+]([O-])c1c(C(F)(F)F)nn(Cc2ccc(Br)cc2)c1Cl. The van der Waals surface area contributed by atoms with Gasteiger partial charge < -0.3 is 0 Å². The first-order chi connectivity index (χ1) is 9.70. The molecule has 10 heteroatoms. The average molecular weight is 385 g/mol. The first kappa shape index (κ1) is 15.8. The van der Waals surface area contributed by atoms with Crippen LogP contribution in [0.4, 0.5) is 18.9 Å². The maximum absolute atomic E-state index is 12.7. The van der Waals surface area contributed by atoms with Gasteiger partial charge in [0.15, 0.2) is 0 Å². The topological polar surface area (TPSA) is 61.0 Å². The maximum atomic E-state index is 12.7. The summed E-state index contributed by atoms with van der Waals surface area (Å²) in [6.45, 7) is -0.108. The lowest BCUT2D eigenvalue weighted by atomic mass is 10.2. The number of benzene rings is 1. The van der Waals surface area contributed by atoms with Crippen LogP contribution in [0.1, 0.15) is 11.3 Å². The highest BCUT2D eigenvalue weighted by atomic mass is 79.9. The number of hydrogen-bond acceptors (Lipinski definition) is 3. The van der Waals surface area contributed by atoms with Crippen molar-refractivity contribution in [3.05, 3.63) is 55.3 Å². The van der Waals surface area contributed by atoms with Gasteiger partial charge in [-0.2, -0.15) is 18.3 Å². The van der Waals surface area contributed by atoms with Crippen molar-refractivity contribution in [2.24, 2.45) is 0 Å². The summed E-state index contributed by atoms with van der Waals surface area (Å²) >= 11 is 8.88. The van der Waals surface area contributed by atoms with Crippen LogP contribution in [0, 0.1) is 10.1 Å². The minimum atomic E-state index is -4.95. The van der Waals surface area contributed by atoms with Gasteiger partial charge in [0.2, 0.25) is 10.8 Å². The van der Waals surface area contributed by atoms with E-state index in [-0.39, 0.29) is 6.54 Å². The standard InChI is InChI=1S/C11H6BrClF3N3O2/c12-7-3-1-6(2-4-7)5-18-10(13)8(19(20)21)9(17-18)11(14,15)16/h1-4H,5H2. The van der Waals surface area contributed by atoms with E-state index in [9.17, 15) is 23.3 Å². The van der Waals surface area contributed by atoms with E-state index in [1.165, 1.54) is 0 Å². The van der Waals surface area contributed by atoms with Crippen molar-refractivity contribution >= 4 is 33.2 Å². The summed E-state index contributed by atoms with van der Waals surface area (Å²) in [6, 6.07) is 6.65. The quantitative estimate of drug-likeness (QED) is 0.586. The molecule has 0 saturated heterocycles. The molecule has 2 rings (SSSR count). The van der Waals surface area contributed by atoms with Gasteiger partial charge in [0.05, 0.1) is 11.5 Å². The van der Waals surface area contributed by atoms with Crippen LogP contribution in [0.2, 0.25) is 5.15 Å². The first-order valence-corrected chi connectivity index (χ1v) is 6.59. The van der Waals surface area contributed by atoms with Crippen molar-refractivity contribution in [1.29, 1.82) is 0 Å². The van der Waals surface area contributed by atoms with Crippen molar-refractivity contribution in [1.82, 2.24) is 9.78 Å². The smallest absolute Gasteiger partial charge is 0.258 e. The summed E-state index contributed by atoms with van der Waals surface area (Å²) in [5.41, 5.74) is -2.23. The van der Waals surface area contributed by atoms with E-state index >= 15 is 0 Å². The van der Waals surface area contributed by atoms with Gasteiger partial charge in [-0.25, -0.2) is 4.68 Å². The maximum Gasteiger partial charge on any atom is 0.442 e. The Bertz CT molecular complexity index is 685. The van der Waals surface area contributed by atoms with Crippen LogP contribution in [0.25, 0.3) is 0 Å². The Kier molecular flexibility index (Phi) is 4.24. The molecular weight excluding hydrogens is 378 g/mol. The lowest BCUT2D eigenvalue weighted by Gasteiger charge is -2.03. The molecule has 0 aliphatic carbocycles. The number of hydrogen-bond donors (Lipinski definition) is 0. The van der Waals surface area contributed by atoms with Gasteiger partial charge in [-0.15, -0.1) is 0 Å². The van der Waals surface area contributed by atoms with Crippen molar-refractivity contribution in [3.8, 4) is 0 Å². The van der Waals surface area contributed by atoms with Gasteiger partial charge in [-0.05, 0) is 17.7 Å². The van der Waals surface area contributed by atoms with E-state index in [1.54, 1.807) is 24.3 Å². The third-order valence-corrected chi connectivity index (χ3v) is 3.47. The van der Waals surface area contributed by atoms with Crippen molar-refractivity contribution in [2.45, 2.75) is 12.7 Å². The average Bonchev–Trinajstić information content (AvgIpc) is 2.70. The zero-order chi connectivity index (χ0) is 15.8. The van der Waals surface area contributed by atoms with Crippen molar-refractivity contribution < 1.29 is 18.1 Å². The van der Waals surface area contributed by atoms with E-state index in [0.717, 1.165) is 9.15 Å². The Morgan fingerprint density at radius 2 is 1.90 bits per heavy atom. The largest absolute Gasteiger partial charge is 0.442 e.